The first-order valence-electron chi connectivity index (χ1n) is 10.2. The molecule has 1 aliphatic rings. The minimum atomic E-state index is -0.227. The van der Waals surface area contributed by atoms with Crippen molar-refractivity contribution in [3.8, 4) is 5.69 Å². The molecule has 0 saturated carbocycles. The molecule has 156 valence electrons. The van der Waals surface area contributed by atoms with Gasteiger partial charge in [0.2, 0.25) is 5.91 Å². The smallest absolute Gasteiger partial charge is 0.265 e. The highest BCUT2D eigenvalue weighted by Gasteiger charge is 2.31. The summed E-state index contributed by atoms with van der Waals surface area (Å²) in [6, 6.07) is 19.0. The Hall–Kier alpha value is -3.39. The molecule has 1 atom stereocenters. The summed E-state index contributed by atoms with van der Waals surface area (Å²) in [6.45, 7) is 2.53. The summed E-state index contributed by atoms with van der Waals surface area (Å²) < 4.78 is 3.35. The molecule has 0 bridgehead atoms. The van der Waals surface area contributed by atoms with Crippen LogP contribution in [0.15, 0.2) is 76.8 Å². The third-order valence-corrected chi connectivity index (χ3v) is 6.56. The fourth-order valence-corrected chi connectivity index (χ4v) is 5.09. The predicted molar refractivity (Wildman–Crippen MR) is 122 cm³/mol. The van der Waals surface area contributed by atoms with Crippen LogP contribution in [0.25, 0.3) is 16.7 Å². The van der Waals surface area contributed by atoms with Crippen LogP contribution in [0.5, 0.6) is 0 Å². The fourth-order valence-electron chi connectivity index (χ4n) is 3.96. The highest BCUT2D eigenvalue weighted by Crippen LogP contribution is 2.34. The molecule has 2 aromatic carbocycles. The summed E-state index contributed by atoms with van der Waals surface area (Å²) >= 11 is 1.51. The third-order valence-electron chi connectivity index (χ3n) is 5.47. The van der Waals surface area contributed by atoms with E-state index in [0.29, 0.717) is 28.5 Å². The maximum atomic E-state index is 13.3. The highest BCUT2D eigenvalue weighted by atomic mass is 32.2. The molecule has 0 aliphatic carbocycles. The SMILES string of the molecule is CCN(C(=O)CC1CSc2nc3c(cnn3-c3ccccc3)c(=O)n21)c1ccccc1. The van der Waals surface area contributed by atoms with Crippen LogP contribution in [0.4, 0.5) is 5.69 Å². The summed E-state index contributed by atoms with van der Waals surface area (Å²) in [7, 11) is 0. The van der Waals surface area contributed by atoms with Crippen molar-refractivity contribution >= 4 is 34.4 Å². The molecule has 5 rings (SSSR count). The van der Waals surface area contributed by atoms with E-state index >= 15 is 0 Å². The second-order valence-corrected chi connectivity index (χ2v) is 8.33. The van der Waals surface area contributed by atoms with Gasteiger partial charge in [-0.3, -0.25) is 14.2 Å². The number of aromatic nitrogens is 4. The lowest BCUT2D eigenvalue weighted by molar-refractivity contribution is -0.119. The Morgan fingerprint density at radius 2 is 1.84 bits per heavy atom. The van der Waals surface area contributed by atoms with Gasteiger partial charge in [-0.25, -0.2) is 9.67 Å². The molecule has 0 fully saturated rings. The lowest BCUT2D eigenvalue weighted by Gasteiger charge is -2.23. The molecule has 0 spiro atoms. The maximum Gasteiger partial charge on any atom is 0.265 e. The minimum absolute atomic E-state index is 0.000808. The Morgan fingerprint density at radius 3 is 2.55 bits per heavy atom. The van der Waals surface area contributed by atoms with E-state index in [4.69, 9.17) is 4.98 Å². The number of thioether (sulfide) groups is 1. The van der Waals surface area contributed by atoms with Crippen molar-refractivity contribution in [1.29, 1.82) is 0 Å². The van der Waals surface area contributed by atoms with Crippen LogP contribution in [0.1, 0.15) is 19.4 Å². The Morgan fingerprint density at radius 1 is 1.13 bits per heavy atom. The lowest BCUT2D eigenvalue weighted by Crippen LogP contribution is -2.34. The van der Waals surface area contributed by atoms with Crippen molar-refractivity contribution in [3.63, 3.8) is 0 Å². The average Bonchev–Trinajstić information content (AvgIpc) is 3.41. The van der Waals surface area contributed by atoms with Crippen LogP contribution >= 0.6 is 11.8 Å². The first kappa shape index (κ1) is 19.6. The van der Waals surface area contributed by atoms with Gasteiger partial charge in [0, 0.05) is 24.4 Å². The molecular formula is C23H21N5O2S. The number of hydrogen-bond acceptors (Lipinski definition) is 5. The van der Waals surface area contributed by atoms with E-state index in [9.17, 15) is 9.59 Å². The first-order valence-corrected chi connectivity index (χ1v) is 11.2. The Labute approximate surface area is 183 Å². The predicted octanol–water partition coefficient (Wildman–Crippen LogP) is 3.67. The zero-order valence-electron chi connectivity index (χ0n) is 17.0. The van der Waals surface area contributed by atoms with E-state index in [-0.39, 0.29) is 23.9 Å². The topological polar surface area (TPSA) is 73.0 Å². The van der Waals surface area contributed by atoms with Gasteiger partial charge in [-0.1, -0.05) is 48.2 Å². The second kappa shape index (κ2) is 8.03. The van der Waals surface area contributed by atoms with Crippen LogP contribution in [-0.4, -0.2) is 37.5 Å². The molecule has 7 nitrogen and oxygen atoms in total. The minimum Gasteiger partial charge on any atom is -0.313 e. The van der Waals surface area contributed by atoms with Crippen molar-refractivity contribution in [1.82, 2.24) is 19.3 Å². The number of carbonyl (C=O) groups is 1. The third kappa shape index (κ3) is 3.42. The van der Waals surface area contributed by atoms with E-state index in [1.807, 2.05) is 67.6 Å². The largest absolute Gasteiger partial charge is 0.313 e. The number of nitrogens with zero attached hydrogens (tertiary/aromatic N) is 5. The van der Waals surface area contributed by atoms with Crippen LogP contribution in [0, 0.1) is 0 Å². The van der Waals surface area contributed by atoms with E-state index in [2.05, 4.69) is 5.10 Å². The molecule has 3 heterocycles. The molecule has 2 aromatic heterocycles. The molecule has 0 N–H and O–H groups in total. The number of benzene rings is 2. The normalized spacial score (nSPS) is 15.2. The van der Waals surface area contributed by atoms with Crippen LogP contribution in [0.3, 0.4) is 0 Å². The number of para-hydroxylation sites is 2. The Kier molecular flexibility index (Phi) is 5.07. The molecule has 0 radical (unpaired) electrons. The van der Waals surface area contributed by atoms with Crippen molar-refractivity contribution in [2.24, 2.45) is 0 Å². The maximum absolute atomic E-state index is 13.3. The summed E-state index contributed by atoms with van der Waals surface area (Å²) in [4.78, 5) is 32.9. The van der Waals surface area contributed by atoms with E-state index in [1.165, 1.54) is 11.8 Å². The summed E-state index contributed by atoms with van der Waals surface area (Å²) in [6.07, 6.45) is 1.82. The van der Waals surface area contributed by atoms with Crippen LogP contribution < -0.4 is 10.5 Å². The molecule has 4 aromatic rings. The second-order valence-electron chi connectivity index (χ2n) is 7.34. The molecule has 1 amide bonds. The fraction of sp³-hybridized carbons (Fsp3) is 0.217. The standard InChI is InChI=1S/C23H21N5O2S/c1-2-26(16-9-5-3-6-10-16)20(29)13-18-15-31-23-25-21-19(22(30)27(18)23)14-24-28(21)17-11-7-4-8-12-17/h3-12,14,18H,2,13,15H2,1H3. The van der Waals surface area contributed by atoms with Gasteiger partial charge < -0.3 is 4.90 Å². The van der Waals surface area contributed by atoms with Crippen molar-refractivity contribution in [2.75, 3.05) is 17.2 Å². The zero-order chi connectivity index (χ0) is 21.4. The van der Waals surface area contributed by atoms with E-state index < -0.39 is 0 Å². The van der Waals surface area contributed by atoms with Gasteiger partial charge in [0.05, 0.1) is 17.9 Å². The first-order chi connectivity index (χ1) is 15.2. The molecule has 31 heavy (non-hydrogen) atoms. The van der Waals surface area contributed by atoms with Gasteiger partial charge in [-0.05, 0) is 31.2 Å². The summed E-state index contributed by atoms with van der Waals surface area (Å²) in [5.41, 5.74) is 2.12. The van der Waals surface area contributed by atoms with Crippen molar-refractivity contribution < 1.29 is 4.79 Å². The summed E-state index contributed by atoms with van der Waals surface area (Å²) in [5, 5.41) is 5.49. The molecular weight excluding hydrogens is 410 g/mol. The monoisotopic (exact) mass is 431 g/mol. The average molecular weight is 432 g/mol. The zero-order valence-corrected chi connectivity index (χ0v) is 17.8. The molecule has 1 aliphatic heterocycles. The molecule has 0 saturated heterocycles. The van der Waals surface area contributed by atoms with Crippen LogP contribution in [0.2, 0.25) is 0 Å². The van der Waals surface area contributed by atoms with Gasteiger partial charge in [0.1, 0.15) is 5.39 Å². The number of fused-ring (bicyclic) bond motifs is 2. The highest BCUT2D eigenvalue weighted by molar-refractivity contribution is 7.99. The van der Waals surface area contributed by atoms with Gasteiger partial charge >= 0.3 is 0 Å². The van der Waals surface area contributed by atoms with Crippen molar-refractivity contribution in [2.45, 2.75) is 24.5 Å². The van der Waals surface area contributed by atoms with E-state index in [1.54, 1.807) is 20.3 Å². The lowest BCUT2D eigenvalue weighted by atomic mass is 10.2. The van der Waals surface area contributed by atoms with Crippen LogP contribution in [-0.2, 0) is 4.79 Å². The Bertz CT molecular complexity index is 1300. The number of rotatable bonds is 5. The van der Waals surface area contributed by atoms with Gasteiger partial charge in [-0.15, -0.1) is 0 Å². The molecule has 8 heteroatoms. The number of carbonyl (C=O) groups excluding carboxylic acids is 1. The molecule has 1 unspecified atom stereocenters. The number of anilines is 1. The van der Waals surface area contributed by atoms with Gasteiger partial charge in [-0.2, -0.15) is 5.10 Å². The van der Waals surface area contributed by atoms with Crippen molar-refractivity contribution in [3.05, 3.63) is 77.2 Å². The quantitative estimate of drug-likeness (QED) is 0.451. The van der Waals surface area contributed by atoms with Gasteiger partial charge in [0.15, 0.2) is 10.8 Å². The number of hydrogen-bond donors (Lipinski definition) is 0. The van der Waals surface area contributed by atoms with E-state index in [0.717, 1.165) is 11.4 Å². The summed E-state index contributed by atoms with van der Waals surface area (Å²) in [5.74, 6) is 0.644. The Balaban J connectivity index is 1.48. The number of amides is 1. The van der Waals surface area contributed by atoms with Gasteiger partial charge in [0.25, 0.3) is 5.56 Å².